The molecule has 2 aromatic heterocycles. The van der Waals surface area contributed by atoms with E-state index >= 15 is 0 Å². The van der Waals surface area contributed by atoms with E-state index in [0.717, 1.165) is 3.57 Å². The van der Waals surface area contributed by atoms with E-state index in [9.17, 15) is 9.18 Å². The molecule has 2 heterocycles. The molecule has 0 fully saturated rings. The van der Waals surface area contributed by atoms with Gasteiger partial charge in [-0.15, -0.1) is 0 Å². The van der Waals surface area contributed by atoms with Gasteiger partial charge in [-0.3, -0.25) is 0 Å². The molecule has 3 aromatic rings. The van der Waals surface area contributed by atoms with Crippen LogP contribution in [-0.2, 0) is 4.74 Å². The highest BCUT2D eigenvalue weighted by molar-refractivity contribution is 14.1. The standard InChI is InChI=1S/C18H17FIN3O2/c1-18(2,3)25-17(24)14-11-5-4-8-21-15(11)23-16(14)22-13-7-6-10(20)9-12(13)19/h4-9,22H,1-3H3,(H,21,23). The van der Waals surface area contributed by atoms with Crippen molar-refractivity contribution in [2.75, 3.05) is 5.32 Å². The lowest BCUT2D eigenvalue weighted by molar-refractivity contribution is 0.00731. The van der Waals surface area contributed by atoms with Gasteiger partial charge in [-0.05, 0) is 73.7 Å². The number of carbonyl (C=O) groups excluding carboxylic acids is 1. The number of carbonyl (C=O) groups is 1. The molecule has 0 aliphatic heterocycles. The summed E-state index contributed by atoms with van der Waals surface area (Å²) in [6, 6.07) is 8.32. The first-order valence-corrected chi connectivity index (χ1v) is 8.74. The molecule has 0 aliphatic carbocycles. The largest absolute Gasteiger partial charge is 0.456 e. The summed E-state index contributed by atoms with van der Waals surface area (Å²) in [6.07, 6.45) is 1.62. The highest BCUT2D eigenvalue weighted by Gasteiger charge is 2.25. The molecule has 0 bridgehead atoms. The van der Waals surface area contributed by atoms with Gasteiger partial charge in [-0.1, -0.05) is 0 Å². The van der Waals surface area contributed by atoms with E-state index < -0.39 is 17.4 Å². The monoisotopic (exact) mass is 453 g/mol. The summed E-state index contributed by atoms with van der Waals surface area (Å²) in [5.74, 6) is -0.558. The lowest BCUT2D eigenvalue weighted by Gasteiger charge is -2.20. The molecule has 130 valence electrons. The topological polar surface area (TPSA) is 67.0 Å². The molecule has 0 unspecified atom stereocenters. The number of nitrogens with zero attached hydrogens (tertiary/aromatic N) is 1. The number of nitrogens with one attached hydrogen (secondary N) is 2. The van der Waals surface area contributed by atoms with Crippen molar-refractivity contribution in [2.24, 2.45) is 0 Å². The first-order chi connectivity index (χ1) is 11.7. The number of hydrogen-bond donors (Lipinski definition) is 2. The van der Waals surface area contributed by atoms with E-state index in [1.54, 1.807) is 51.2 Å². The Morgan fingerprint density at radius 3 is 2.76 bits per heavy atom. The molecule has 0 saturated carbocycles. The van der Waals surface area contributed by atoms with E-state index in [4.69, 9.17) is 4.74 Å². The number of aromatic nitrogens is 2. The number of anilines is 2. The molecular formula is C18H17FIN3O2. The van der Waals surface area contributed by atoms with Gasteiger partial charge in [0.15, 0.2) is 0 Å². The Labute approximate surface area is 158 Å². The minimum absolute atomic E-state index is 0.261. The predicted octanol–water partition coefficient (Wildman–Crippen LogP) is 5.01. The number of rotatable bonds is 3. The minimum atomic E-state index is -0.645. The number of aromatic amines is 1. The van der Waals surface area contributed by atoms with Crippen LogP contribution in [0.1, 0.15) is 31.1 Å². The van der Waals surface area contributed by atoms with Crippen LogP contribution in [0.3, 0.4) is 0 Å². The maximum Gasteiger partial charge on any atom is 0.343 e. The fourth-order valence-electron chi connectivity index (χ4n) is 2.38. The maximum atomic E-state index is 14.2. The SMILES string of the molecule is CC(C)(C)OC(=O)c1c(Nc2ccc(I)cc2F)[nH]c2ncccc12. The van der Waals surface area contributed by atoms with Gasteiger partial charge in [0.1, 0.15) is 28.4 Å². The van der Waals surface area contributed by atoms with Crippen LogP contribution >= 0.6 is 22.6 Å². The lowest BCUT2D eigenvalue weighted by atomic mass is 10.1. The van der Waals surface area contributed by atoms with Crippen LogP contribution < -0.4 is 5.32 Å². The van der Waals surface area contributed by atoms with Crippen molar-refractivity contribution < 1.29 is 13.9 Å². The number of ether oxygens (including phenoxy) is 1. The number of pyridine rings is 1. The van der Waals surface area contributed by atoms with E-state index in [1.165, 1.54) is 6.07 Å². The molecule has 25 heavy (non-hydrogen) atoms. The third-order valence-electron chi connectivity index (χ3n) is 3.36. The predicted molar refractivity (Wildman–Crippen MR) is 104 cm³/mol. The van der Waals surface area contributed by atoms with Crippen LogP contribution in [0.4, 0.5) is 15.9 Å². The van der Waals surface area contributed by atoms with Crippen molar-refractivity contribution >= 4 is 51.1 Å². The van der Waals surface area contributed by atoms with Crippen molar-refractivity contribution in [3.63, 3.8) is 0 Å². The highest BCUT2D eigenvalue weighted by Crippen LogP contribution is 2.30. The molecule has 3 rings (SSSR count). The number of hydrogen-bond acceptors (Lipinski definition) is 4. The zero-order valence-corrected chi connectivity index (χ0v) is 16.1. The van der Waals surface area contributed by atoms with Crippen molar-refractivity contribution in [3.05, 3.63) is 51.5 Å². The number of halogens is 2. The summed E-state index contributed by atoms with van der Waals surface area (Å²) < 4.78 is 20.5. The van der Waals surface area contributed by atoms with Crippen LogP contribution in [0.2, 0.25) is 0 Å². The Morgan fingerprint density at radius 1 is 1.32 bits per heavy atom. The molecule has 0 spiro atoms. The fourth-order valence-corrected chi connectivity index (χ4v) is 2.84. The maximum absolute atomic E-state index is 14.2. The number of esters is 1. The normalized spacial score (nSPS) is 11.6. The molecule has 7 heteroatoms. The van der Waals surface area contributed by atoms with Gasteiger partial charge in [0.25, 0.3) is 0 Å². The zero-order chi connectivity index (χ0) is 18.2. The van der Waals surface area contributed by atoms with Gasteiger partial charge in [0.2, 0.25) is 0 Å². The molecular weight excluding hydrogens is 436 g/mol. The van der Waals surface area contributed by atoms with Gasteiger partial charge in [0.05, 0.1) is 5.69 Å². The third-order valence-corrected chi connectivity index (χ3v) is 4.04. The molecule has 0 radical (unpaired) electrons. The van der Waals surface area contributed by atoms with Crippen molar-refractivity contribution in [1.29, 1.82) is 0 Å². The lowest BCUT2D eigenvalue weighted by Crippen LogP contribution is -2.24. The Balaban J connectivity index is 2.08. The summed E-state index contributed by atoms with van der Waals surface area (Å²) in [5, 5.41) is 3.57. The molecule has 0 saturated heterocycles. The van der Waals surface area contributed by atoms with Crippen molar-refractivity contribution in [2.45, 2.75) is 26.4 Å². The Morgan fingerprint density at radius 2 is 2.08 bits per heavy atom. The highest BCUT2D eigenvalue weighted by atomic mass is 127. The number of H-pyrrole nitrogens is 1. The van der Waals surface area contributed by atoms with Gasteiger partial charge in [0, 0.05) is 15.2 Å². The van der Waals surface area contributed by atoms with Gasteiger partial charge in [-0.25, -0.2) is 14.2 Å². The van der Waals surface area contributed by atoms with Gasteiger partial charge in [-0.2, -0.15) is 0 Å². The minimum Gasteiger partial charge on any atom is -0.456 e. The van der Waals surface area contributed by atoms with Gasteiger partial charge >= 0.3 is 5.97 Å². The average Bonchev–Trinajstić information content (AvgIpc) is 2.86. The summed E-state index contributed by atoms with van der Waals surface area (Å²) >= 11 is 2.04. The summed E-state index contributed by atoms with van der Waals surface area (Å²) in [6.45, 7) is 5.39. The third kappa shape index (κ3) is 3.92. The number of fused-ring (bicyclic) bond motifs is 1. The van der Waals surface area contributed by atoms with E-state index in [0.29, 0.717) is 22.4 Å². The second-order valence-corrected chi connectivity index (χ2v) is 7.77. The molecule has 1 aromatic carbocycles. The molecule has 0 atom stereocenters. The summed E-state index contributed by atoms with van der Waals surface area (Å²) in [4.78, 5) is 19.9. The van der Waals surface area contributed by atoms with E-state index in [1.807, 2.05) is 22.6 Å². The smallest absolute Gasteiger partial charge is 0.343 e. The van der Waals surface area contributed by atoms with Crippen LogP contribution in [-0.4, -0.2) is 21.5 Å². The molecule has 2 N–H and O–H groups in total. The first kappa shape index (κ1) is 17.7. The molecule has 0 aliphatic rings. The van der Waals surface area contributed by atoms with Crippen LogP contribution in [0.15, 0.2) is 36.5 Å². The van der Waals surface area contributed by atoms with Crippen LogP contribution in [0, 0.1) is 9.39 Å². The zero-order valence-electron chi connectivity index (χ0n) is 14.0. The van der Waals surface area contributed by atoms with E-state index in [2.05, 4.69) is 15.3 Å². The second kappa shape index (κ2) is 6.62. The Bertz CT molecular complexity index is 947. The molecule has 0 amide bonds. The van der Waals surface area contributed by atoms with Crippen LogP contribution in [0.25, 0.3) is 11.0 Å². The Hall–Kier alpha value is -2.16. The Kier molecular flexibility index (Phi) is 4.68. The van der Waals surface area contributed by atoms with Crippen LogP contribution in [0.5, 0.6) is 0 Å². The summed E-state index contributed by atoms with van der Waals surface area (Å²) in [5.41, 5.74) is 0.443. The van der Waals surface area contributed by atoms with Crippen molar-refractivity contribution in [1.82, 2.24) is 9.97 Å². The average molecular weight is 453 g/mol. The second-order valence-electron chi connectivity index (χ2n) is 6.53. The quantitative estimate of drug-likeness (QED) is 0.433. The first-order valence-electron chi connectivity index (χ1n) is 7.67. The summed E-state index contributed by atoms with van der Waals surface area (Å²) in [7, 11) is 0. The van der Waals surface area contributed by atoms with Crippen molar-refractivity contribution in [3.8, 4) is 0 Å². The number of benzene rings is 1. The molecule has 5 nitrogen and oxygen atoms in total. The fraction of sp³-hybridized carbons (Fsp3) is 0.222. The van der Waals surface area contributed by atoms with Gasteiger partial charge < -0.3 is 15.0 Å². The van der Waals surface area contributed by atoms with E-state index in [-0.39, 0.29) is 5.69 Å².